The maximum atomic E-state index is 11.6. The zero-order valence-corrected chi connectivity index (χ0v) is 10.3. The summed E-state index contributed by atoms with van der Waals surface area (Å²) in [5, 5.41) is 2.61. The second-order valence-electron chi connectivity index (χ2n) is 4.35. The average Bonchev–Trinajstić information content (AvgIpc) is 2.73. The minimum absolute atomic E-state index is 0.209. The smallest absolute Gasteiger partial charge is 0.332 e. The Morgan fingerprint density at radius 1 is 1.59 bits per heavy atom. The van der Waals surface area contributed by atoms with Gasteiger partial charge in [0.05, 0.1) is 12.2 Å². The van der Waals surface area contributed by atoms with E-state index >= 15 is 0 Å². The Bertz CT molecular complexity index is 287. The lowest BCUT2D eigenvalue weighted by Crippen LogP contribution is -2.50. The van der Waals surface area contributed by atoms with E-state index in [0.717, 1.165) is 12.8 Å². The number of ether oxygens (including phenoxy) is 2. The summed E-state index contributed by atoms with van der Waals surface area (Å²) in [5.74, 6) is -1.23. The predicted octanol–water partition coefficient (Wildman–Crippen LogP) is -0.438. The van der Waals surface area contributed by atoms with Gasteiger partial charge in [-0.3, -0.25) is 4.79 Å². The van der Waals surface area contributed by atoms with Crippen LogP contribution in [0.5, 0.6) is 0 Å². The monoisotopic (exact) mass is 244 g/mol. The molecule has 0 aliphatic carbocycles. The minimum Gasteiger partial charge on any atom is -0.464 e. The molecule has 0 aromatic heterocycles. The quantitative estimate of drug-likeness (QED) is 0.505. The van der Waals surface area contributed by atoms with E-state index in [1.807, 2.05) is 6.92 Å². The molecule has 0 aromatic carbocycles. The molecule has 0 aromatic rings. The molecule has 0 bridgehead atoms. The van der Waals surface area contributed by atoms with Gasteiger partial charge in [-0.05, 0) is 26.7 Å². The van der Waals surface area contributed by atoms with Gasteiger partial charge in [0.1, 0.15) is 0 Å². The molecule has 1 saturated heterocycles. The molecule has 1 aliphatic rings. The number of nitrogens with two attached hydrogens (primary N) is 1. The van der Waals surface area contributed by atoms with E-state index in [2.05, 4.69) is 10.1 Å². The summed E-state index contributed by atoms with van der Waals surface area (Å²) in [4.78, 5) is 22.8. The highest BCUT2D eigenvalue weighted by Crippen LogP contribution is 2.23. The lowest BCUT2D eigenvalue weighted by molar-refractivity contribution is -0.148. The van der Waals surface area contributed by atoms with Gasteiger partial charge in [-0.25, -0.2) is 4.79 Å². The lowest BCUT2D eigenvalue weighted by atomic mass is 10.0. The number of hydrogen-bond donors (Lipinski definition) is 2. The fourth-order valence-corrected chi connectivity index (χ4v) is 1.70. The van der Waals surface area contributed by atoms with Crippen molar-refractivity contribution in [3.8, 4) is 0 Å². The van der Waals surface area contributed by atoms with Gasteiger partial charge in [0.25, 0.3) is 0 Å². The first kappa shape index (κ1) is 13.9. The Balaban J connectivity index is 2.36. The molecule has 6 heteroatoms. The summed E-state index contributed by atoms with van der Waals surface area (Å²) < 4.78 is 10.2. The van der Waals surface area contributed by atoms with Crippen molar-refractivity contribution in [3.05, 3.63) is 0 Å². The molecule has 98 valence electrons. The van der Waals surface area contributed by atoms with Crippen LogP contribution in [-0.2, 0) is 19.1 Å². The standard InChI is InChI=1S/C11H20N2O4/c1-3-16-10(15)8(12)9(14)13-7-11(2)5-4-6-17-11/h8H,3-7,12H2,1-2H3,(H,13,14). The highest BCUT2D eigenvalue weighted by Gasteiger charge is 2.31. The SMILES string of the molecule is CCOC(=O)C(N)C(=O)NCC1(C)CCCO1. The predicted molar refractivity (Wildman–Crippen MR) is 61.2 cm³/mol. The van der Waals surface area contributed by atoms with Gasteiger partial charge in [0, 0.05) is 13.2 Å². The molecule has 1 fully saturated rings. The molecule has 0 spiro atoms. The topological polar surface area (TPSA) is 90.7 Å². The van der Waals surface area contributed by atoms with Crippen LogP contribution in [0, 0.1) is 0 Å². The van der Waals surface area contributed by atoms with E-state index in [4.69, 9.17) is 10.5 Å². The molecule has 17 heavy (non-hydrogen) atoms. The molecule has 1 heterocycles. The molecule has 3 N–H and O–H groups in total. The first-order chi connectivity index (χ1) is 7.98. The van der Waals surface area contributed by atoms with Crippen molar-refractivity contribution in [1.29, 1.82) is 0 Å². The zero-order chi connectivity index (χ0) is 12.9. The second kappa shape index (κ2) is 5.97. The molecule has 2 unspecified atom stereocenters. The summed E-state index contributed by atoms with van der Waals surface area (Å²) in [6, 6.07) is -1.26. The number of amides is 1. The van der Waals surface area contributed by atoms with Gasteiger partial charge in [-0.1, -0.05) is 0 Å². The third-order valence-corrected chi connectivity index (χ3v) is 2.76. The Kier molecular flexibility index (Phi) is 4.89. The van der Waals surface area contributed by atoms with Crippen molar-refractivity contribution in [3.63, 3.8) is 0 Å². The first-order valence-corrected chi connectivity index (χ1v) is 5.82. The van der Waals surface area contributed by atoms with Crippen LogP contribution < -0.4 is 11.1 Å². The molecular weight excluding hydrogens is 224 g/mol. The van der Waals surface area contributed by atoms with Gasteiger partial charge >= 0.3 is 5.97 Å². The van der Waals surface area contributed by atoms with E-state index in [0.29, 0.717) is 13.2 Å². The Morgan fingerprint density at radius 3 is 2.82 bits per heavy atom. The van der Waals surface area contributed by atoms with Crippen LogP contribution in [-0.4, -0.2) is 43.3 Å². The van der Waals surface area contributed by atoms with Crippen molar-refractivity contribution in [1.82, 2.24) is 5.32 Å². The number of hydrogen-bond acceptors (Lipinski definition) is 5. The summed E-state index contributed by atoms with van der Waals surface area (Å²) in [6.07, 6.45) is 1.87. The Morgan fingerprint density at radius 2 is 2.29 bits per heavy atom. The highest BCUT2D eigenvalue weighted by atomic mass is 16.5. The van der Waals surface area contributed by atoms with Gasteiger partial charge in [0.2, 0.25) is 5.91 Å². The van der Waals surface area contributed by atoms with Gasteiger partial charge in [-0.15, -0.1) is 0 Å². The van der Waals surface area contributed by atoms with Crippen LogP contribution in [0.3, 0.4) is 0 Å². The van der Waals surface area contributed by atoms with Crippen molar-refractivity contribution in [2.75, 3.05) is 19.8 Å². The maximum Gasteiger partial charge on any atom is 0.332 e. The van der Waals surface area contributed by atoms with Crippen molar-refractivity contribution < 1.29 is 19.1 Å². The molecule has 1 amide bonds. The van der Waals surface area contributed by atoms with Crippen molar-refractivity contribution in [2.45, 2.75) is 38.3 Å². The van der Waals surface area contributed by atoms with Crippen LogP contribution >= 0.6 is 0 Å². The second-order valence-corrected chi connectivity index (χ2v) is 4.35. The fourth-order valence-electron chi connectivity index (χ4n) is 1.70. The van der Waals surface area contributed by atoms with E-state index in [-0.39, 0.29) is 12.2 Å². The molecule has 2 atom stereocenters. The van der Waals surface area contributed by atoms with Crippen LogP contribution in [0.25, 0.3) is 0 Å². The summed E-state index contributed by atoms with van der Waals surface area (Å²) in [6.45, 7) is 4.86. The van der Waals surface area contributed by atoms with Gasteiger partial charge in [-0.2, -0.15) is 0 Å². The Labute approximate surface area is 101 Å². The maximum absolute atomic E-state index is 11.6. The molecule has 1 rings (SSSR count). The largest absolute Gasteiger partial charge is 0.464 e. The van der Waals surface area contributed by atoms with E-state index < -0.39 is 17.9 Å². The number of carbonyl (C=O) groups is 2. The lowest BCUT2D eigenvalue weighted by Gasteiger charge is -2.24. The van der Waals surface area contributed by atoms with Crippen molar-refractivity contribution in [2.24, 2.45) is 5.73 Å². The molecular formula is C11H20N2O4. The number of esters is 1. The minimum atomic E-state index is -1.26. The third kappa shape index (κ3) is 3.98. The molecule has 1 aliphatic heterocycles. The normalized spacial score (nSPS) is 25.4. The summed E-state index contributed by atoms with van der Waals surface area (Å²) in [7, 11) is 0. The fraction of sp³-hybridized carbons (Fsp3) is 0.818. The average molecular weight is 244 g/mol. The van der Waals surface area contributed by atoms with E-state index in [1.54, 1.807) is 6.92 Å². The van der Waals surface area contributed by atoms with E-state index in [9.17, 15) is 9.59 Å². The summed E-state index contributed by atoms with van der Waals surface area (Å²) >= 11 is 0. The van der Waals surface area contributed by atoms with E-state index in [1.165, 1.54) is 0 Å². The van der Waals surface area contributed by atoms with Crippen LogP contribution in [0.15, 0.2) is 0 Å². The Hall–Kier alpha value is -1.14. The van der Waals surface area contributed by atoms with Gasteiger partial charge in [0.15, 0.2) is 6.04 Å². The number of carbonyl (C=O) groups excluding carboxylic acids is 2. The number of rotatable bonds is 5. The first-order valence-electron chi connectivity index (χ1n) is 5.82. The zero-order valence-electron chi connectivity index (χ0n) is 10.3. The van der Waals surface area contributed by atoms with Crippen LogP contribution in [0.2, 0.25) is 0 Å². The third-order valence-electron chi connectivity index (χ3n) is 2.76. The molecule has 6 nitrogen and oxygen atoms in total. The van der Waals surface area contributed by atoms with Gasteiger partial charge < -0.3 is 20.5 Å². The van der Waals surface area contributed by atoms with Crippen molar-refractivity contribution >= 4 is 11.9 Å². The van der Waals surface area contributed by atoms with Crippen LogP contribution in [0.4, 0.5) is 0 Å². The molecule has 0 radical (unpaired) electrons. The number of nitrogens with one attached hydrogen (secondary N) is 1. The summed E-state index contributed by atoms with van der Waals surface area (Å²) in [5.41, 5.74) is 5.10. The molecule has 0 saturated carbocycles. The highest BCUT2D eigenvalue weighted by molar-refractivity contribution is 6.01. The van der Waals surface area contributed by atoms with Crippen LogP contribution in [0.1, 0.15) is 26.7 Å².